The number of hydrogen-bond acceptors (Lipinski definition) is 3. The first kappa shape index (κ1) is 10.6. The number of ether oxygens (including phenoxy) is 1. The lowest BCUT2D eigenvalue weighted by Gasteiger charge is -2.22. The Labute approximate surface area is 90.6 Å². The maximum Gasteiger partial charge on any atom is 0.0699 e. The first-order valence-electron chi connectivity index (χ1n) is 5.75. The lowest BCUT2D eigenvalue weighted by Crippen LogP contribution is -2.33. The van der Waals surface area contributed by atoms with Gasteiger partial charge in [0.05, 0.1) is 12.6 Å². The molecule has 1 aliphatic heterocycles. The Morgan fingerprint density at radius 2 is 2.47 bits per heavy atom. The van der Waals surface area contributed by atoms with Crippen LogP contribution in [0.4, 0.5) is 0 Å². The van der Waals surface area contributed by atoms with Crippen LogP contribution in [0.25, 0.3) is 0 Å². The van der Waals surface area contributed by atoms with Crippen LogP contribution in [0.15, 0.2) is 18.5 Å². The fourth-order valence-electron chi connectivity index (χ4n) is 1.86. The van der Waals surface area contributed by atoms with E-state index in [9.17, 15) is 0 Å². The molecule has 4 nitrogen and oxygen atoms in total. The van der Waals surface area contributed by atoms with Crippen molar-refractivity contribution in [2.45, 2.75) is 31.9 Å². The van der Waals surface area contributed by atoms with Gasteiger partial charge in [-0.3, -0.25) is 4.68 Å². The van der Waals surface area contributed by atoms with Crippen LogP contribution in [0.3, 0.4) is 0 Å². The molecule has 0 aromatic carbocycles. The third-order valence-electron chi connectivity index (χ3n) is 2.72. The first-order valence-corrected chi connectivity index (χ1v) is 5.75. The van der Waals surface area contributed by atoms with Crippen molar-refractivity contribution in [1.29, 1.82) is 0 Å². The zero-order valence-corrected chi connectivity index (χ0v) is 9.06. The first-order chi connectivity index (χ1) is 7.45. The van der Waals surface area contributed by atoms with Crippen molar-refractivity contribution in [3.8, 4) is 0 Å². The minimum Gasteiger partial charge on any atom is -0.377 e. The molecule has 1 N–H and O–H groups in total. The van der Waals surface area contributed by atoms with Gasteiger partial charge in [-0.15, -0.1) is 0 Å². The molecule has 15 heavy (non-hydrogen) atoms. The van der Waals surface area contributed by atoms with Crippen LogP contribution in [-0.2, 0) is 11.3 Å². The monoisotopic (exact) mass is 209 g/mol. The molecule has 1 aromatic heterocycles. The van der Waals surface area contributed by atoms with Crippen LogP contribution in [0, 0.1) is 0 Å². The molecule has 0 bridgehead atoms. The summed E-state index contributed by atoms with van der Waals surface area (Å²) in [7, 11) is 0. The van der Waals surface area contributed by atoms with E-state index in [1.165, 1.54) is 19.3 Å². The van der Waals surface area contributed by atoms with Gasteiger partial charge >= 0.3 is 0 Å². The third kappa shape index (κ3) is 3.64. The zero-order valence-electron chi connectivity index (χ0n) is 9.06. The average molecular weight is 209 g/mol. The largest absolute Gasteiger partial charge is 0.377 e. The van der Waals surface area contributed by atoms with E-state index in [-0.39, 0.29) is 0 Å². The molecule has 2 heterocycles. The van der Waals surface area contributed by atoms with Gasteiger partial charge in [-0.05, 0) is 25.3 Å². The number of rotatable bonds is 5. The number of nitrogens with one attached hydrogen (secondary N) is 1. The molecule has 0 unspecified atom stereocenters. The summed E-state index contributed by atoms with van der Waals surface area (Å²) in [5, 5.41) is 7.55. The van der Waals surface area contributed by atoms with Crippen molar-refractivity contribution >= 4 is 0 Å². The third-order valence-corrected chi connectivity index (χ3v) is 2.72. The van der Waals surface area contributed by atoms with Gasteiger partial charge in [0, 0.05) is 32.1 Å². The standard InChI is InChI=1S/C11H19N3O/c1-2-9-15-11(4-1)10-12-6-8-14-7-3-5-13-14/h3,5,7,11-12H,1-2,4,6,8-10H2/t11-/m0/s1. The molecule has 1 fully saturated rings. The second kappa shape index (κ2) is 5.88. The average Bonchev–Trinajstić information content (AvgIpc) is 2.79. The summed E-state index contributed by atoms with van der Waals surface area (Å²) in [6, 6.07) is 1.95. The Kier molecular flexibility index (Phi) is 4.17. The molecular weight excluding hydrogens is 190 g/mol. The van der Waals surface area contributed by atoms with E-state index < -0.39 is 0 Å². The molecule has 1 aliphatic rings. The minimum absolute atomic E-state index is 0.427. The van der Waals surface area contributed by atoms with Crippen LogP contribution in [0.5, 0.6) is 0 Å². The van der Waals surface area contributed by atoms with E-state index in [4.69, 9.17) is 4.74 Å². The lowest BCUT2D eigenvalue weighted by molar-refractivity contribution is 0.0169. The van der Waals surface area contributed by atoms with Gasteiger partial charge in [-0.2, -0.15) is 5.10 Å². The van der Waals surface area contributed by atoms with Gasteiger partial charge in [-0.1, -0.05) is 0 Å². The van der Waals surface area contributed by atoms with E-state index >= 15 is 0 Å². The van der Waals surface area contributed by atoms with Gasteiger partial charge in [0.25, 0.3) is 0 Å². The van der Waals surface area contributed by atoms with Gasteiger partial charge in [0.1, 0.15) is 0 Å². The molecule has 1 aromatic rings. The second-order valence-corrected chi connectivity index (χ2v) is 3.96. The van der Waals surface area contributed by atoms with Crippen LogP contribution in [0.2, 0.25) is 0 Å². The molecule has 0 saturated carbocycles. The molecule has 0 spiro atoms. The Hall–Kier alpha value is -0.870. The highest BCUT2D eigenvalue weighted by Gasteiger charge is 2.12. The van der Waals surface area contributed by atoms with Gasteiger partial charge < -0.3 is 10.1 Å². The molecule has 0 aliphatic carbocycles. The van der Waals surface area contributed by atoms with Crippen LogP contribution >= 0.6 is 0 Å². The Morgan fingerprint density at radius 3 is 3.20 bits per heavy atom. The van der Waals surface area contributed by atoms with E-state index in [2.05, 4.69) is 10.4 Å². The molecule has 0 radical (unpaired) electrons. The predicted molar refractivity (Wildman–Crippen MR) is 58.7 cm³/mol. The van der Waals surface area contributed by atoms with Crippen LogP contribution in [-0.4, -0.2) is 35.6 Å². The highest BCUT2D eigenvalue weighted by molar-refractivity contribution is 4.77. The summed E-state index contributed by atoms with van der Waals surface area (Å²) in [4.78, 5) is 0. The van der Waals surface area contributed by atoms with E-state index in [0.29, 0.717) is 6.10 Å². The fourth-order valence-corrected chi connectivity index (χ4v) is 1.86. The number of hydrogen-bond donors (Lipinski definition) is 1. The lowest BCUT2D eigenvalue weighted by atomic mass is 10.1. The second-order valence-electron chi connectivity index (χ2n) is 3.96. The highest BCUT2D eigenvalue weighted by Crippen LogP contribution is 2.11. The Morgan fingerprint density at radius 1 is 1.47 bits per heavy atom. The van der Waals surface area contributed by atoms with Gasteiger partial charge in [0.15, 0.2) is 0 Å². The maximum absolute atomic E-state index is 5.63. The predicted octanol–water partition coefficient (Wildman–Crippen LogP) is 1.04. The summed E-state index contributed by atoms with van der Waals surface area (Å²) in [6.45, 7) is 3.80. The van der Waals surface area contributed by atoms with E-state index in [0.717, 1.165) is 26.2 Å². The van der Waals surface area contributed by atoms with Crippen molar-refractivity contribution in [3.05, 3.63) is 18.5 Å². The van der Waals surface area contributed by atoms with E-state index in [1.54, 1.807) is 0 Å². The fraction of sp³-hybridized carbons (Fsp3) is 0.727. The number of nitrogens with zero attached hydrogens (tertiary/aromatic N) is 2. The minimum atomic E-state index is 0.427. The molecule has 1 saturated heterocycles. The molecule has 4 heteroatoms. The van der Waals surface area contributed by atoms with Crippen molar-refractivity contribution in [3.63, 3.8) is 0 Å². The molecule has 84 valence electrons. The normalized spacial score (nSPS) is 21.7. The molecule has 1 atom stereocenters. The quantitative estimate of drug-likeness (QED) is 0.736. The van der Waals surface area contributed by atoms with Crippen LogP contribution in [0.1, 0.15) is 19.3 Å². The summed E-state index contributed by atoms with van der Waals surface area (Å²) in [5.41, 5.74) is 0. The summed E-state index contributed by atoms with van der Waals surface area (Å²) >= 11 is 0. The highest BCUT2D eigenvalue weighted by atomic mass is 16.5. The van der Waals surface area contributed by atoms with Gasteiger partial charge in [0.2, 0.25) is 0 Å². The molecular formula is C11H19N3O. The summed E-state index contributed by atoms with van der Waals surface area (Å²) in [6.07, 6.45) is 7.96. The van der Waals surface area contributed by atoms with Crippen molar-refractivity contribution in [2.75, 3.05) is 19.7 Å². The summed E-state index contributed by atoms with van der Waals surface area (Å²) < 4.78 is 7.57. The van der Waals surface area contributed by atoms with E-state index in [1.807, 2.05) is 23.1 Å². The zero-order chi connectivity index (χ0) is 10.3. The Balaban J connectivity index is 1.54. The van der Waals surface area contributed by atoms with Crippen molar-refractivity contribution in [2.24, 2.45) is 0 Å². The van der Waals surface area contributed by atoms with Gasteiger partial charge in [-0.25, -0.2) is 0 Å². The van der Waals surface area contributed by atoms with Crippen molar-refractivity contribution < 1.29 is 4.74 Å². The topological polar surface area (TPSA) is 39.1 Å². The van der Waals surface area contributed by atoms with Crippen molar-refractivity contribution in [1.82, 2.24) is 15.1 Å². The molecule has 0 amide bonds. The maximum atomic E-state index is 5.63. The Bertz CT molecular complexity index is 255. The van der Waals surface area contributed by atoms with Crippen LogP contribution < -0.4 is 5.32 Å². The molecule has 2 rings (SSSR count). The number of aromatic nitrogens is 2. The smallest absolute Gasteiger partial charge is 0.0699 e. The summed E-state index contributed by atoms with van der Waals surface area (Å²) in [5.74, 6) is 0. The SMILES string of the molecule is c1cnn(CCNC[C@@H]2CCCCO2)c1.